The maximum absolute atomic E-state index is 13.3. The molecule has 5 nitrogen and oxygen atoms in total. The molecule has 2 aliphatic rings. The number of amides is 1. The summed E-state index contributed by atoms with van der Waals surface area (Å²) in [5.74, 6) is 0.159. The number of carbonyl (C=O) groups is 2. The van der Waals surface area contributed by atoms with Gasteiger partial charge in [0.05, 0.1) is 24.3 Å². The van der Waals surface area contributed by atoms with Gasteiger partial charge in [-0.05, 0) is 72.4 Å². The average Bonchev–Trinajstić information content (AvgIpc) is 3.34. The van der Waals surface area contributed by atoms with Crippen LogP contribution in [-0.2, 0) is 22.5 Å². The Balaban J connectivity index is 1.25. The highest BCUT2D eigenvalue weighted by molar-refractivity contribution is 6.31. The molecule has 1 amide bonds. The highest BCUT2D eigenvalue weighted by atomic mass is 35.5. The number of benzene rings is 3. The van der Waals surface area contributed by atoms with Gasteiger partial charge in [0.2, 0.25) is 0 Å². The van der Waals surface area contributed by atoms with Crippen molar-refractivity contribution in [1.82, 2.24) is 5.32 Å². The maximum atomic E-state index is 13.3. The molecular formula is C31H33ClN2O3. The number of ether oxygens (including phenoxy) is 1. The van der Waals surface area contributed by atoms with Crippen LogP contribution in [0.2, 0.25) is 5.02 Å². The maximum Gasteiger partial charge on any atom is 0.308 e. The largest absolute Gasteiger partial charge is 0.469 e. The zero-order chi connectivity index (χ0) is 25.8. The fourth-order valence-electron chi connectivity index (χ4n) is 5.67. The van der Waals surface area contributed by atoms with E-state index in [4.69, 9.17) is 16.3 Å². The van der Waals surface area contributed by atoms with Gasteiger partial charge in [-0.1, -0.05) is 66.2 Å². The summed E-state index contributed by atoms with van der Waals surface area (Å²) in [5.41, 5.74) is 6.35. The monoisotopic (exact) mass is 516 g/mol. The van der Waals surface area contributed by atoms with Crippen LogP contribution in [0.4, 0.5) is 5.69 Å². The Morgan fingerprint density at radius 3 is 2.38 bits per heavy atom. The van der Waals surface area contributed by atoms with Crippen molar-refractivity contribution in [2.45, 2.75) is 38.6 Å². The van der Waals surface area contributed by atoms with Crippen molar-refractivity contribution in [3.05, 3.63) is 88.4 Å². The summed E-state index contributed by atoms with van der Waals surface area (Å²) in [7, 11) is 1.45. The molecule has 0 spiro atoms. The number of rotatable bonds is 7. The van der Waals surface area contributed by atoms with E-state index in [1.54, 1.807) is 6.07 Å². The van der Waals surface area contributed by atoms with E-state index in [-0.39, 0.29) is 17.8 Å². The molecule has 192 valence electrons. The number of anilines is 1. The lowest BCUT2D eigenvalue weighted by Crippen LogP contribution is -2.33. The summed E-state index contributed by atoms with van der Waals surface area (Å²) in [5, 5.41) is 3.75. The number of carbonyl (C=O) groups excluding carboxylic acids is 2. The Labute approximate surface area is 223 Å². The first-order valence-corrected chi connectivity index (χ1v) is 13.5. The van der Waals surface area contributed by atoms with E-state index in [2.05, 4.69) is 58.7 Å². The lowest BCUT2D eigenvalue weighted by molar-refractivity contribution is -0.146. The van der Waals surface area contributed by atoms with Gasteiger partial charge in [0.1, 0.15) is 0 Å². The molecule has 37 heavy (non-hydrogen) atoms. The summed E-state index contributed by atoms with van der Waals surface area (Å²) in [6, 6.07) is 22.8. The third-order valence-electron chi connectivity index (χ3n) is 7.73. The number of halogens is 1. The molecule has 1 N–H and O–H groups in total. The summed E-state index contributed by atoms with van der Waals surface area (Å²) in [4.78, 5) is 27.4. The predicted octanol–water partition coefficient (Wildman–Crippen LogP) is 6.28. The number of nitrogens with one attached hydrogen (secondary N) is 1. The van der Waals surface area contributed by atoms with Crippen LogP contribution >= 0.6 is 11.6 Å². The van der Waals surface area contributed by atoms with Crippen LogP contribution < -0.4 is 10.2 Å². The lowest BCUT2D eigenvalue weighted by Gasteiger charge is -2.27. The van der Waals surface area contributed by atoms with Crippen LogP contribution in [0.25, 0.3) is 11.1 Å². The van der Waals surface area contributed by atoms with Crippen LogP contribution in [0.15, 0.2) is 66.7 Å². The van der Waals surface area contributed by atoms with E-state index in [1.165, 1.54) is 23.8 Å². The second-order valence-corrected chi connectivity index (χ2v) is 10.6. The molecule has 1 aliphatic carbocycles. The van der Waals surface area contributed by atoms with E-state index < -0.39 is 0 Å². The smallest absolute Gasteiger partial charge is 0.308 e. The summed E-state index contributed by atoms with van der Waals surface area (Å²) in [6.07, 6.45) is 4.33. The molecule has 3 aromatic carbocycles. The Morgan fingerprint density at radius 1 is 0.973 bits per heavy atom. The number of fused-ring (bicyclic) bond motifs is 1. The van der Waals surface area contributed by atoms with Crippen molar-refractivity contribution in [2.24, 2.45) is 11.8 Å². The van der Waals surface area contributed by atoms with Gasteiger partial charge >= 0.3 is 5.97 Å². The van der Waals surface area contributed by atoms with Gasteiger partial charge in [-0.3, -0.25) is 9.59 Å². The zero-order valence-electron chi connectivity index (χ0n) is 21.2. The highest BCUT2D eigenvalue weighted by Crippen LogP contribution is 2.36. The molecule has 0 unspecified atom stereocenters. The summed E-state index contributed by atoms with van der Waals surface area (Å²) in [6.45, 7) is 2.20. The van der Waals surface area contributed by atoms with Gasteiger partial charge in [0.25, 0.3) is 5.91 Å². The van der Waals surface area contributed by atoms with Crippen molar-refractivity contribution in [2.75, 3.05) is 25.1 Å². The Hall–Kier alpha value is -3.31. The molecule has 1 heterocycles. The lowest BCUT2D eigenvalue weighted by atomic mass is 9.82. The van der Waals surface area contributed by atoms with E-state index in [0.29, 0.717) is 23.0 Å². The minimum atomic E-state index is -0.119. The molecule has 0 radical (unpaired) electrons. The summed E-state index contributed by atoms with van der Waals surface area (Å²) < 4.78 is 4.89. The fraction of sp³-hybridized carbons (Fsp3) is 0.355. The second kappa shape index (κ2) is 11.4. The van der Waals surface area contributed by atoms with Gasteiger partial charge in [0.15, 0.2) is 0 Å². The van der Waals surface area contributed by atoms with E-state index in [0.717, 1.165) is 56.4 Å². The Morgan fingerprint density at radius 2 is 1.68 bits per heavy atom. The van der Waals surface area contributed by atoms with Gasteiger partial charge in [-0.15, -0.1) is 0 Å². The zero-order valence-corrected chi connectivity index (χ0v) is 22.0. The number of hydrogen-bond acceptors (Lipinski definition) is 4. The summed E-state index contributed by atoms with van der Waals surface area (Å²) >= 11 is 6.42. The minimum Gasteiger partial charge on any atom is -0.469 e. The third kappa shape index (κ3) is 5.83. The van der Waals surface area contributed by atoms with Crippen LogP contribution in [0.3, 0.4) is 0 Å². The SMILES string of the molecule is COC(=O)C1CCC(CNC(=O)c2cc(Cl)cc3c2N(Cc2ccc(-c4ccccc4)cc2)CC3)CC1. The van der Waals surface area contributed by atoms with Crippen LogP contribution in [0.5, 0.6) is 0 Å². The molecule has 0 bridgehead atoms. The van der Waals surface area contributed by atoms with Gasteiger partial charge in [-0.2, -0.15) is 0 Å². The molecule has 1 fully saturated rings. The molecular weight excluding hydrogens is 484 g/mol. The van der Waals surface area contributed by atoms with Crippen molar-refractivity contribution < 1.29 is 14.3 Å². The van der Waals surface area contributed by atoms with E-state index in [1.807, 2.05) is 12.1 Å². The first-order valence-electron chi connectivity index (χ1n) is 13.1. The van der Waals surface area contributed by atoms with E-state index >= 15 is 0 Å². The first-order chi connectivity index (χ1) is 18.0. The highest BCUT2D eigenvalue weighted by Gasteiger charge is 2.29. The molecule has 0 atom stereocenters. The van der Waals surface area contributed by atoms with Crippen LogP contribution in [0.1, 0.15) is 47.2 Å². The van der Waals surface area contributed by atoms with Gasteiger partial charge in [0, 0.05) is 24.7 Å². The van der Waals surface area contributed by atoms with E-state index in [9.17, 15) is 9.59 Å². The topological polar surface area (TPSA) is 58.6 Å². The Bertz CT molecular complexity index is 1250. The normalized spacial score (nSPS) is 18.8. The predicted molar refractivity (Wildman–Crippen MR) is 148 cm³/mol. The molecule has 5 rings (SSSR count). The quantitative estimate of drug-likeness (QED) is 0.375. The number of esters is 1. The number of nitrogens with zero attached hydrogens (tertiary/aromatic N) is 1. The molecule has 1 saturated carbocycles. The molecule has 3 aromatic rings. The fourth-order valence-corrected chi connectivity index (χ4v) is 5.91. The average molecular weight is 517 g/mol. The van der Waals surface area contributed by atoms with Gasteiger partial charge < -0.3 is 15.0 Å². The second-order valence-electron chi connectivity index (χ2n) is 10.1. The molecule has 0 aromatic heterocycles. The van der Waals surface area contributed by atoms with Crippen molar-refractivity contribution in [3.63, 3.8) is 0 Å². The molecule has 0 saturated heterocycles. The van der Waals surface area contributed by atoms with Crippen molar-refractivity contribution in [1.29, 1.82) is 0 Å². The molecule has 1 aliphatic heterocycles. The number of methoxy groups -OCH3 is 1. The third-order valence-corrected chi connectivity index (χ3v) is 7.95. The first kappa shape index (κ1) is 25.3. The molecule has 6 heteroatoms. The minimum absolute atomic E-state index is 0.0107. The van der Waals surface area contributed by atoms with Crippen molar-refractivity contribution in [3.8, 4) is 11.1 Å². The van der Waals surface area contributed by atoms with Gasteiger partial charge in [-0.25, -0.2) is 0 Å². The van der Waals surface area contributed by atoms with Crippen LogP contribution in [-0.4, -0.2) is 32.1 Å². The van der Waals surface area contributed by atoms with Crippen LogP contribution in [0, 0.1) is 11.8 Å². The standard InChI is InChI=1S/C31H33ClN2O3/c1-37-31(36)25-13-7-21(8-14-25)19-33-30(35)28-18-27(32)17-26-15-16-34(29(26)28)20-22-9-11-24(12-10-22)23-5-3-2-4-6-23/h2-6,9-12,17-18,21,25H,7-8,13-16,19-20H2,1H3,(H,33,35). The number of hydrogen-bond donors (Lipinski definition) is 1. The van der Waals surface area contributed by atoms with Crippen molar-refractivity contribution >= 4 is 29.2 Å². The Kier molecular flexibility index (Phi) is 7.80.